The Morgan fingerprint density at radius 1 is 0.939 bits per heavy atom. The van der Waals surface area contributed by atoms with Crippen molar-refractivity contribution in [3.05, 3.63) is 100 Å². The predicted octanol–water partition coefficient (Wildman–Crippen LogP) is 4.39. The molecule has 0 saturated carbocycles. The molecule has 0 N–H and O–H groups in total. The number of hydrogen-bond donors (Lipinski definition) is 0. The first-order chi connectivity index (χ1) is 16.2. The van der Waals surface area contributed by atoms with E-state index in [1.165, 1.54) is 22.9 Å². The third-order valence-corrected chi connectivity index (χ3v) is 7.68. The van der Waals surface area contributed by atoms with Gasteiger partial charge in [-0.2, -0.15) is 4.99 Å². The Hall–Kier alpha value is -3.29. The molecule has 0 atom stereocenters. The fourth-order valence-corrected chi connectivity index (χ4v) is 5.99. The lowest BCUT2D eigenvalue weighted by molar-refractivity contribution is -0.113. The molecule has 1 amide bonds. The van der Waals surface area contributed by atoms with E-state index in [4.69, 9.17) is 4.74 Å². The summed E-state index contributed by atoms with van der Waals surface area (Å²) in [7, 11) is 0. The van der Waals surface area contributed by atoms with Crippen LogP contribution in [0.1, 0.15) is 35.1 Å². The number of ether oxygens (including phenoxy) is 1. The SMILES string of the molecule is O=C1N=C(N2CCC3(CC2)OCc2ccccc23)SC1=C(c1cccnc1)c1cccnc1. The van der Waals surface area contributed by atoms with Crippen molar-refractivity contribution in [1.82, 2.24) is 14.9 Å². The van der Waals surface area contributed by atoms with Crippen LogP contribution >= 0.6 is 11.8 Å². The standard InChI is InChI=1S/C26H22N4O2S/c31-24-23(22(18-6-3-11-27-15-18)19-7-4-12-28-16-19)33-25(29-24)30-13-9-26(10-14-30)21-8-2-1-5-20(21)17-32-26/h1-8,11-12,15-16H,9-10,13-14,17H2. The summed E-state index contributed by atoms with van der Waals surface area (Å²) in [5, 5.41) is 0.765. The minimum atomic E-state index is -0.212. The van der Waals surface area contributed by atoms with E-state index in [9.17, 15) is 4.79 Å². The maximum absolute atomic E-state index is 13.1. The number of aromatic nitrogens is 2. The molecule has 6 nitrogen and oxygen atoms in total. The van der Waals surface area contributed by atoms with Crippen LogP contribution in [-0.2, 0) is 21.7 Å². The van der Waals surface area contributed by atoms with Crippen LogP contribution < -0.4 is 0 Å². The molecule has 1 spiro atoms. The number of pyridine rings is 2. The number of rotatable bonds is 2. The van der Waals surface area contributed by atoms with Crippen molar-refractivity contribution in [3.63, 3.8) is 0 Å². The maximum Gasteiger partial charge on any atom is 0.286 e. The zero-order valence-corrected chi connectivity index (χ0v) is 18.8. The fourth-order valence-electron chi connectivity index (χ4n) is 4.90. The van der Waals surface area contributed by atoms with Crippen LogP contribution in [0.15, 0.2) is 83.2 Å². The maximum atomic E-state index is 13.1. The van der Waals surface area contributed by atoms with Gasteiger partial charge in [0, 0.05) is 54.6 Å². The molecule has 3 aromatic rings. The van der Waals surface area contributed by atoms with Gasteiger partial charge < -0.3 is 9.64 Å². The molecular formula is C26H22N4O2S. The monoisotopic (exact) mass is 454 g/mol. The van der Waals surface area contributed by atoms with Gasteiger partial charge in [0.15, 0.2) is 5.17 Å². The molecule has 1 saturated heterocycles. The van der Waals surface area contributed by atoms with Gasteiger partial charge in [-0.25, -0.2) is 0 Å². The molecule has 7 heteroatoms. The molecule has 2 aromatic heterocycles. The Morgan fingerprint density at radius 3 is 2.30 bits per heavy atom. The molecule has 0 radical (unpaired) electrons. The Balaban J connectivity index is 1.27. The highest BCUT2D eigenvalue weighted by Crippen LogP contribution is 2.45. The topological polar surface area (TPSA) is 67.7 Å². The predicted molar refractivity (Wildman–Crippen MR) is 128 cm³/mol. The van der Waals surface area contributed by atoms with E-state index in [1.807, 2.05) is 24.3 Å². The summed E-state index contributed by atoms with van der Waals surface area (Å²) >= 11 is 1.45. The Labute approximate surface area is 196 Å². The first-order valence-corrected chi connectivity index (χ1v) is 11.9. The van der Waals surface area contributed by atoms with Crippen molar-refractivity contribution < 1.29 is 9.53 Å². The van der Waals surface area contributed by atoms with Crippen molar-refractivity contribution in [2.24, 2.45) is 4.99 Å². The minimum absolute atomic E-state index is 0.208. The van der Waals surface area contributed by atoms with Crippen LogP contribution in [0.25, 0.3) is 5.57 Å². The van der Waals surface area contributed by atoms with Crippen LogP contribution in [0.5, 0.6) is 0 Å². The van der Waals surface area contributed by atoms with Gasteiger partial charge in [0.25, 0.3) is 5.91 Å². The number of hydrogen-bond acceptors (Lipinski definition) is 6. The van der Waals surface area contributed by atoms with Crippen LogP contribution in [0.3, 0.4) is 0 Å². The Morgan fingerprint density at radius 2 is 1.64 bits per heavy atom. The smallest absolute Gasteiger partial charge is 0.286 e. The molecule has 164 valence electrons. The second-order valence-electron chi connectivity index (χ2n) is 8.42. The zero-order valence-electron chi connectivity index (χ0n) is 18.0. The highest BCUT2D eigenvalue weighted by molar-refractivity contribution is 8.18. The normalized spacial score (nSPS) is 19.0. The van der Waals surface area contributed by atoms with Crippen molar-refractivity contribution in [1.29, 1.82) is 0 Å². The lowest BCUT2D eigenvalue weighted by Gasteiger charge is -2.39. The first kappa shape index (κ1) is 20.3. The molecule has 5 heterocycles. The number of piperidine rings is 1. The highest BCUT2D eigenvalue weighted by atomic mass is 32.2. The van der Waals surface area contributed by atoms with E-state index in [1.54, 1.807) is 24.8 Å². The number of fused-ring (bicyclic) bond motifs is 2. The molecular weight excluding hydrogens is 432 g/mol. The van der Waals surface area contributed by atoms with E-state index >= 15 is 0 Å². The summed E-state index contributed by atoms with van der Waals surface area (Å²) in [5.74, 6) is -0.208. The second-order valence-corrected chi connectivity index (χ2v) is 9.39. The minimum Gasteiger partial charge on any atom is -0.365 e. The number of carbonyl (C=O) groups is 1. The van der Waals surface area contributed by atoms with Crippen molar-refractivity contribution >= 4 is 28.4 Å². The number of aliphatic imine (C=N–C) groups is 1. The summed E-state index contributed by atoms with van der Waals surface area (Å²) in [4.78, 5) is 28.9. The summed E-state index contributed by atoms with van der Waals surface area (Å²) in [5.41, 5.74) is 4.98. The van der Waals surface area contributed by atoms with Crippen molar-refractivity contribution in [2.75, 3.05) is 13.1 Å². The van der Waals surface area contributed by atoms with Crippen molar-refractivity contribution in [3.8, 4) is 0 Å². The Kier molecular flexibility index (Phi) is 5.08. The highest BCUT2D eigenvalue weighted by Gasteiger charge is 2.43. The lowest BCUT2D eigenvalue weighted by atomic mass is 9.84. The largest absolute Gasteiger partial charge is 0.365 e. The third kappa shape index (κ3) is 3.57. The van der Waals surface area contributed by atoms with Crippen molar-refractivity contribution in [2.45, 2.75) is 25.0 Å². The molecule has 3 aliphatic rings. The number of nitrogens with zero attached hydrogens (tertiary/aromatic N) is 4. The summed E-state index contributed by atoms with van der Waals surface area (Å²) in [6.45, 7) is 2.28. The zero-order chi connectivity index (χ0) is 22.3. The van der Waals surface area contributed by atoms with Gasteiger partial charge in [-0.1, -0.05) is 36.4 Å². The number of benzene rings is 1. The van der Waals surface area contributed by atoms with Gasteiger partial charge in [-0.05, 0) is 47.9 Å². The molecule has 33 heavy (non-hydrogen) atoms. The number of amides is 1. The molecule has 6 rings (SSSR count). The molecule has 3 aliphatic heterocycles. The van der Waals surface area contributed by atoms with E-state index in [0.717, 1.165) is 47.8 Å². The summed E-state index contributed by atoms with van der Waals surface area (Å²) in [6, 6.07) is 16.2. The lowest BCUT2D eigenvalue weighted by Crippen LogP contribution is -2.44. The van der Waals surface area contributed by atoms with Crippen LogP contribution in [0, 0.1) is 0 Å². The van der Waals surface area contributed by atoms with E-state index < -0.39 is 0 Å². The van der Waals surface area contributed by atoms with E-state index in [2.05, 4.69) is 44.1 Å². The molecule has 0 bridgehead atoms. The summed E-state index contributed by atoms with van der Waals surface area (Å²) < 4.78 is 6.30. The number of thioether (sulfide) groups is 1. The van der Waals surface area contributed by atoms with Gasteiger partial charge in [0.1, 0.15) is 0 Å². The number of amidine groups is 1. The Bertz CT molecular complexity index is 1220. The second kappa shape index (κ2) is 8.24. The molecule has 1 fully saturated rings. The van der Waals surface area contributed by atoms with Crippen LogP contribution in [0.2, 0.25) is 0 Å². The molecule has 0 aliphatic carbocycles. The van der Waals surface area contributed by atoms with Gasteiger partial charge in [-0.15, -0.1) is 0 Å². The van der Waals surface area contributed by atoms with Gasteiger partial charge in [-0.3, -0.25) is 14.8 Å². The third-order valence-electron chi connectivity index (χ3n) is 6.57. The summed E-state index contributed by atoms with van der Waals surface area (Å²) in [6.07, 6.45) is 8.78. The quantitative estimate of drug-likeness (QED) is 0.535. The van der Waals surface area contributed by atoms with Crippen LogP contribution in [0.4, 0.5) is 0 Å². The van der Waals surface area contributed by atoms with Gasteiger partial charge in [0.05, 0.1) is 17.1 Å². The first-order valence-electron chi connectivity index (χ1n) is 11.1. The molecule has 0 unspecified atom stereocenters. The molecule has 1 aromatic carbocycles. The number of likely N-dealkylation sites (tertiary alicyclic amines) is 1. The van der Waals surface area contributed by atoms with E-state index in [0.29, 0.717) is 11.5 Å². The van der Waals surface area contributed by atoms with Gasteiger partial charge >= 0.3 is 0 Å². The number of carbonyl (C=O) groups excluding carboxylic acids is 1. The van der Waals surface area contributed by atoms with Gasteiger partial charge in [0.2, 0.25) is 0 Å². The average molecular weight is 455 g/mol. The fraction of sp³-hybridized carbons (Fsp3) is 0.231. The van der Waals surface area contributed by atoms with E-state index in [-0.39, 0.29) is 11.5 Å². The average Bonchev–Trinajstić information content (AvgIpc) is 3.42. The van der Waals surface area contributed by atoms with Crippen LogP contribution in [-0.4, -0.2) is 39.0 Å².